The molecule has 0 spiro atoms. The van der Waals surface area contributed by atoms with E-state index in [1.54, 1.807) is 0 Å². The van der Waals surface area contributed by atoms with Crippen molar-refractivity contribution in [2.24, 2.45) is 5.92 Å². The van der Waals surface area contributed by atoms with Gasteiger partial charge in [-0.25, -0.2) is 0 Å². The molecule has 1 aromatic rings. The molecule has 2 heteroatoms. The molecule has 0 aliphatic carbocycles. The summed E-state index contributed by atoms with van der Waals surface area (Å²) in [5.41, 5.74) is 1.30. The van der Waals surface area contributed by atoms with Gasteiger partial charge in [0.25, 0.3) is 0 Å². The fourth-order valence-corrected chi connectivity index (χ4v) is 3.76. The lowest BCUT2D eigenvalue weighted by atomic mass is 9.86. The Balaban J connectivity index is 1.65. The third kappa shape index (κ3) is 2.85. The van der Waals surface area contributed by atoms with E-state index in [9.17, 15) is 0 Å². The molecule has 3 atom stereocenters. The Morgan fingerprint density at radius 3 is 2.79 bits per heavy atom. The lowest BCUT2D eigenvalue weighted by molar-refractivity contribution is -0.0730. The third-order valence-electron chi connectivity index (χ3n) is 4.85. The molecule has 2 heterocycles. The number of rotatable bonds is 4. The summed E-state index contributed by atoms with van der Waals surface area (Å²) >= 11 is 0. The summed E-state index contributed by atoms with van der Waals surface area (Å²) in [7, 11) is 0. The number of nitrogens with zero attached hydrogens (tertiary/aromatic N) is 1. The maximum absolute atomic E-state index is 6.34. The summed E-state index contributed by atoms with van der Waals surface area (Å²) in [5, 5.41) is 0. The molecular formula is C17H25NO. The zero-order valence-corrected chi connectivity index (χ0v) is 11.9. The molecule has 0 saturated carbocycles. The Hall–Kier alpha value is -0.860. The number of piperidine rings is 1. The van der Waals surface area contributed by atoms with Gasteiger partial charge >= 0.3 is 0 Å². The van der Waals surface area contributed by atoms with E-state index >= 15 is 0 Å². The molecule has 2 aliphatic rings. The second kappa shape index (κ2) is 6.06. The summed E-state index contributed by atoms with van der Waals surface area (Å²) in [5.74, 6) is 0.753. The van der Waals surface area contributed by atoms with E-state index in [-0.39, 0.29) is 0 Å². The molecule has 2 aliphatic heterocycles. The van der Waals surface area contributed by atoms with Crippen LogP contribution in [0.2, 0.25) is 0 Å². The Labute approximate surface area is 116 Å². The van der Waals surface area contributed by atoms with Gasteiger partial charge in [-0.1, -0.05) is 43.7 Å². The summed E-state index contributed by atoms with van der Waals surface area (Å²) in [6, 6.07) is 11.3. The molecule has 2 fully saturated rings. The average Bonchev–Trinajstić information content (AvgIpc) is 2.94. The molecule has 19 heavy (non-hydrogen) atoms. The van der Waals surface area contributed by atoms with Gasteiger partial charge < -0.3 is 4.74 Å². The molecule has 2 saturated heterocycles. The van der Waals surface area contributed by atoms with Crippen LogP contribution >= 0.6 is 0 Å². The van der Waals surface area contributed by atoms with Gasteiger partial charge in [-0.05, 0) is 43.8 Å². The van der Waals surface area contributed by atoms with Crippen molar-refractivity contribution < 1.29 is 4.74 Å². The quantitative estimate of drug-likeness (QED) is 0.821. The number of fused-ring (bicyclic) bond motifs is 1. The maximum atomic E-state index is 6.34. The minimum Gasteiger partial charge on any atom is -0.372 e. The van der Waals surface area contributed by atoms with Crippen molar-refractivity contribution in [2.45, 2.75) is 51.4 Å². The second-order valence-electron chi connectivity index (χ2n) is 5.96. The molecular weight excluding hydrogens is 234 g/mol. The first-order chi connectivity index (χ1) is 9.38. The fourth-order valence-electron chi connectivity index (χ4n) is 3.76. The van der Waals surface area contributed by atoms with Gasteiger partial charge in [0.05, 0.1) is 12.7 Å². The minimum atomic E-state index is 0.446. The standard InChI is InChI=1S/C17H25NO/c1-2-15-10-12-18-11-6-9-16(18)17(15)19-13-14-7-4-3-5-8-14/h3-5,7-8,15-17H,2,6,9-13H2,1H3/t15-,16-,17+/m0/s1. The van der Waals surface area contributed by atoms with Crippen molar-refractivity contribution in [3.8, 4) is 0 Å². The summed E-state index contributed by atoms with van der Waals surface area (Å²) < 4.78 is 6.34. The van der Waals surface area contributed by atoms with Gasteiger partial charge in [-0.15, -0.1) is 0 Å². The predicted octanol–water partition coefficient (Wildman–Crippen LogP) is 3.47. The van der Waals surface area contributed by atoms with Crippen molar-refractivity contribution in [3.63, 3.8) is 0 Å². The molecule has 0 N–H and O–H groups in total. The van der Waals surface area contributed by atoms with E-state index in [2.05, 4.69) is 42.2 Å². The van der Waals surface area contributed by atoms with Crippen LogP contribution in [0, 0.1) is 5.92 Å². The highest BCUT2D eigenvalue weighted by molar-refractivity contribution is 5.13. The van der Waals surface area contributed by atoms with E-state index in [1.807, 2.05) is 0 Å². The van der Waals surface area contributed by atoms with Gasteiger partial charge in [0, 0.05) is 6.04 Å². The average molecular weight is 259 g/mol. The van der Waals surface area contributed by atoms with Crippen LogP contribution in [0.25, 0.3) is 0 Å². The number of hydrogen-bond acceptors (Lipinski definition) is 2. The van der Waals surface area contributed by atoms with Gasteiger partial charge in [0.2, 0.25) is 0 Å². The zero-order valence-electron chi connectivity index (χ0n) is 11.9. The topological polar surface area (TPSA) is 12.5 Å². The van der Waals surface area contributed by atoms with Gasteiger partial charge in [0.1, 0.15) is 0 Å². The van der Waals surface area contributed by atoms with Crippen LogP contribution in [0.5, 0.6) is 0 Å². The van der Waals surface area contributed by atoms with Crippen LogP contribution < -0.4 is 0 Å². The number of hydrogen-bond donors (Lipinski definition) is 0. The molecule has 0 unspecified atom stereocenters. The molecule has 0 radical (unpaired) electrons. The predicted molar refractivity (Wildman–Crippen MR) is 78.0 cm³/mol. The lowest BCUT2D eigenvalue weighted by Crippen LogP contribution is -2.50. The Bertz CT molecular complexity index is 392. The minimum absolute atomic E-state index is 0.446. The molecule has 0 bridgehead atoms. The molecule has 104 valence electrons. The molecule has 1 aromatic carbocycles. The monoisotopic (exact) mass is 259 g/mol. The summed E-state index contributed by atoms with van der Waals surface area (Å²) in [6.07, 6.45) is 5.69. The lowest BCUT2D eigenvalue weighted by Gasteiger charge is -2.41. The highest BCUT2D eigenvalue weighted by Gasteiger charge is 2.40. The number of ether oxygens (including phenoxy) is 1. The van der Waals surface area contributed by atoms with Gasteiger partial charge in [-0.2, -0.15) is 0 Å². The molecule has 3 rings (SSSR count). The number of benzene rings is 1. The molecule has 0 aromatic heterocycles. The van der Waals surface area contributed by atoms with E-state index < -0.39 is 0 Å². The van der Waals surface area contributed by atoms with Crippen LogP contribution in [0.3, 0.4) is 0 Å². The zero-order chi connectivity index (χ0) is 13.1. The van der Waals surface area contributed by atoms with Crippen molar-refractivity contribution in [3.05, 3.63) is 35.9 Å². The summed E-state index contributed by atoms with van der Waals surface area (Å²) in [6.45, 7) is 5.65. The molecule has 0 amide bonds. The largest absolute Gasteiger partial charge is 0.372 e. The third-order valence-corrected chi connectivity index (χ3v) is 4.85. The van der Waals surface area contributed by atoms with Gasteiger partial charge in [-0.3, -0.25) is 4.90 Å². The van der Waals surface area contributed by atoms with Crippen molar-refractivity contribution >= 4 is 0 Å². The van der Waals surface area contributed by atoms with Crippen LogP contribution in [0.1, 0.15) is 38.2 Å². The first kappa shape index (κ1) is 13.1. The van der Waals surface area contributed by atoms with Crippen LogP contribution in [0.15, 0.2) is 30.3 Å². The Morgan fingerprint density at radius 2 is 2.00 bits per heavy atom. The molecule has 2 nitrogen and oxygen atoms in total. The summed E-state index contributed by atoms with van der Waals surface area (Å²) in [4.78, 5) is 2.65. The van der Waals surface area contributed by atoms with E-state index in [1.165, 1.54) is 44.3 Å². The maximum Gasteiger partial charge on any atom is 0.0763 e. The van der Waals surface area contributed by atoms with Crippen molar-refractivity contribution in [2.75, 3.05) is 13.1 Å². The second-order valence-corrected chi connectivity index (χ2v) is 5.96. The van der Waals surface area contributed by atoms with E-state index in [4.69, 9.17) is 4.74 Å². The van der Waals surface area contributed by atoms with Crippen molar-refractivity contribution in [1.82, 2.24) is 4.90 Å². The highest BCUT2D eigenvalue weighted by Crippen LogP contribution is 2.34. The van der Waals surface area contributed by atoms with Crippen LogP contribution in [0.4, 0.5) is 0 Å². The Kier molecular flexibility index (Phi) is 4.19. The SMILES string of the molecule is CC[C@H]1CCN2CCC[C@H]2[C@@H]1OCc1ccccc1. The van der Waals surface area contributed by atoms with Gasteiger partial charge in [0.15, 0.2) is 0 Å². The normalized spacial score (nSPS) is 31.3. The first-order valence-electron chi connectivity index (χ1n) is 7.78. The van der Waals surface area contributed by atoms with Crippen LogP contribution in [-0.2, 0) is 11.3 Å². The fraction of sp³-hybridized carbons (Fsp3) is 0.647. The van der Waals surface area contributed by atoms with E-state index in [0.29, 0.717) is 12.1 Å². The first-order valence-corrected chi connectivity index (χ1v) is 7.78. The highest BCUT2D eigenvalue weighted by atomic mass is 16.5. The van der Waals surface area contributed by atoms with Crippen molar-refractivity contribution in [1.29, 1.82) is 0 Å². The Morgan fingerprint density at radius 1 is 1.16 bits per heavy atom. The van der Waals surface area contributed by atoms with Crippen LogP contribution in [-0.4, -0.2) is 30.1 Å². The smallest absolute Gasteiger partial charge is 0.0763 e. The van der Waals surface area contributed by atoms with E-state index in [0.717, 1.165) is 12.5 Å².